The molecule has 1 aromatic heterocycles. The van der Waals surface area contributed by atoms with Crippen molar-refractivity contribution in [2.45, 2.75) is 25.4 Å². The molecule has 1 amide bonds. The zero-order chi connectivity index (χ0) is 10.7. The maximum absolute atomic E-state index is 10.9. The Morgan fingerprint density at radius 1 is 1.73 bits per heavy atom. The molecular formula is C9H15N5O. The fraction of sp³-hybridized carbons (Fsp3) is 0.667. The molecule has 2 rings (SSSR count). The van der Waals surface area contributed by atoms with E-state index in [9.17, 15) is 4.79 Å². The molecule has 2 N–H and O–H groups in total. The van der Waals surface area contributed by atoms with Crippen molar-refractivity contribution in [1.82, 2.24) is 25.6 Å². The molecule has 2 heterocycles. The zero-order valence-electron chi connectivity index (χ0n) is 8.73. The molecule has 0 spiro atoms. The Morgan fingerprint density at radius 3 is 3.20 bits per heavy atom. The zero-order valence-corrected chi connectivity index (χ0v) is 8.73. The third-order valence-corrected chi connectivity index (χ3v) is 2.49. The van der Waals surface area contributed by atoms with Gasteiger partial charge in [0.05, 0.1) is 5.69 Å². The van der Waals surface area contributed by atoms with Crippen molar-refractivity contribution in [2.75, 3.05) is 6.54 Å². The summed E-state index contributed by atoms with van der Waals surface area (Å²) in [5, 5.41) is 14.0. The van der Waals surface area contributed by atoms with E-state index >= 15 is 0 Å². The fourth-order valence-corrected chi connectivity index (χ4v) is 1.63. The number of nitrogens with one attached hydrogen (secondary N) is 2. The van der Waals surface area contributed by atoms with Crippen LogP contribution in [-0.2, 0) is 18.4 Å². The smallest absolute Gasteiger partial charge is 0.220 e. The van der Waals surface area contributed by atoms with E-state index in [0.29, 0.717) is 25.6 Å². The number of aromatic nitrogens is 3. The van der Waals surface area contributed by atoms with Crippen LogP contribution in [0.5, 0.6) is 0 Å². The first-order chi connectivity index (χ1) is 7.24. The van der Waals surface area contributed by atoms with Gasteiger partial charge in [0.15, 0.2) is 0 Å². The Balaban J connectivity index is 1.76. The van der Waals surface area contributed by atoms with E-state index in [2.05, 4.69) is 20.9 Å². The first-order valence-electron chi connectivity index (χ1n) is 5.09. The number of aryl methyl sites for hydroxylation is 1. The van der Waals surface area contributed by atoms with Crippen molar-refractivity contribution in [3.8, 4) is 0 Å². The number of rotatable bonds is 3. The van der Waals surface area contributed by atoms with Gasteiger partial charge in [-0.3, -0.25) is 9.48 Å². The van der Waals surface area contributed by atoms with Crippen molar-refractivity contribution in [3.63, 3.8) is 0 Å². The number of piperidine rings is 1. The van der Waals surface area contributed by atoms with Crippen LogP contribution in [-0.4, -0.2) is 33.5 Å². The van der Waals surface area contributed by atoms with Crippen LogP contribution >= 0.6 is 0 Å². The molecule has 82 valence electrons. The molecule has 1 saturated heterocycles. The second-order valence-corrected chi connectivity index (χ2v) is 3.80. The van der Waals surface area contributed by atoms with Crippen LogP contribution in [0.2, 0.25) is 0 Å². The normalized spacial score (nSPS) is 21.4. The van der Waals surface area contributed by atoms with Gasteiger partial charge in [-0.2, -0.15) is 0 Å². The molecule has 0 aromatic carbocycles. The minimum atomic E-state index is 0.146. The molecule has 0 radical (unpaired) electrons. The fourth-order valence-electron chi connectivity index (χ4n) is 1.63. The van der Waals surface area contributed by atoms with Crippen LogP contribution in [0.3, 0.4) is 0 Å². The summed E-state index contributed by atoms with van der Waals surface area (Å²) in [6.07, 6.45) is 3.39. The van der Waals surface area contributed by atoms with E-state index < -0.39 is 0 Å². The van der Waals surface area contributed by atoms with Crippen molar-refractivity contribution in [3.05, 3.63) is 11.9 Å². The average Bonchev–Trinajstić information content (AvgIpc) is 2.64. The molecule has 1 atom stereocenters. The van der Waals surface area contributed by atoms with Gasteiger partial charge in [0, 0.05) is 38.8 Å². The molecule has 1 unspecified atom stereocenters. The maximum atomic E-state index is 10.9. The summed E-state index contributed by atoms with van der Waals surface area (Å²) in [5.41, 5.74) is 0.925. The predicted molar refractivity (Wildman–Crippen MR) is 53.9 cm³/mol. The number of carbonyl (C=O) groups excluding carboxylic acids is 1. The van der Waals surface area contributed by atoms with Gasteiger partial charge in [0.1, 0.15) is 0 Å². The first kappa shape index (κ1) is 10.1. The summed E-state index contributed by atoms with van der Waals surface area (Å²) in [5.74, 6) is 0.146. The lowest BCUT2D eigenvalue weighted by Crippen LogP contribution is -2.45. The number of amides is 1. The van der Waals surface area contributed by atoms with Gasteiger partial charge in [0.2, 0.25) is 5.91 Å². The van der Waals surface area contributed by atoms with E-state index in [1.807, 2.05) is 13.2 Å². The summed E-state index contributed by atoms with van der Waals surface area (Å²) in [6.45, 7) is 1.41. The van der Waals surface area contributed by atoms with Gasteiger partial charge < -0.3 is 10.6 Å². The van der Waals surface area contributed by atoms with Crippen molar-refractivity contribution in [1.29, 1.82) is 0 Å². The molecule has 6 nitrogen and oxygen atoms in total. The summed E-state index contributed by atoms with van der Waals surface area (Å²) in [7, 11) is 1.84. The number of hydrogen-bond donors (Lipinski definition) is 2. The lowest BCUT2D eigenvalue weighted by molar-refractivity contribution is -0.122. The Labute approximate surface area is 88.0 Å². The molecule has 0 aliphatic carbocycles. The number of carbonyl (C=O) groups is 1. The largest absolute Gasteiger partial charge is 0.355 e. The van der Waals surface area contributed by atoms with Gasteiger partial charge in [0.25, 0.3) is 0 Å². The summed E-state index contributed by atoms with van der Waals surface area (Å²) < 4.78 is 1.68. The van der Waals surface area contributed by atoms with Crippen LogP contribution in [0.25, 0.3) is 0 Å². The minimum Gasteiger partial charge on any atom is -0.355 e. The molecule has 0 saturated carbocycles. The quantitative estimate of drug-likeness (QED) is 0.682. The first-order valence-corrected chi connectivity index (χ1v) is 5.09. The predicted octanol–water partition coefficient (Wildman–Crippen LogP) is -0.817. The van der Waals surface area contributed by atoms with E-state index in [4.69, 9.17) is 0 Å². The molecule has 1 aromatic rings. The lowest BCUT2D eigenvalue weighted by Gasteiger charge is -2.22. The van der Waals surface area contributed by atoms with Crippen molar-refractivity contribution < 1.29 is 4.79 Å². The highest BCUT2D eigenvalue weighted by Gasteiger charge is 2.17. The Morgan fingerprint density at radius 2 is 2.60 bits per heavy atom. The summed E-state index contributed by atoms with van der Waals surface area (Å²) in [4.78, 5) is 10.9. The van der Waals surface area contributed by atoms with E-state index in [0.717, 1.165) is 12.1 Å². The summed E-state index contributed by atoms with van der Waals surface area (Å²) in [6, 6.07) is 0.352. The van der Waals surface area contributed by atoms with Crippen molar-refractivity contribution in [2.24, 2.45) is 7.05 Å². The van der Waals surface area contributed by atoms with Gasteiger partial charge in [-0.1, -0.05) is 5.21 Å². The molecule has 1 aliphatic rings. The van der Waals surface area contributed by atoms with Crippen molar-refractivity contribution >= 4 is 5.91 Å². The molecule has 1 fully saturated rings. The second-order valence-electron chi connectivity index (χ2n) is 3.80. The molecule has 15 heavy (non-hydrogen) atoms. The third-order valence-electron chi connectivity index (χ3n) is 2.49. The Bertz CT molecular complexity index is 338. The number of hydrogen-bond acceptors (Lipinski definition) is 4. The van der Waals surface area contributed by atoms with Gasteiger partial charge >= 0.3 is 0 Å². The Hall–Kier alpha value is -1.43. The van der Waals surface area contributed by atoms with Crippen LogP contribution in [0, 0.1) is 0 Å². The maximum Gasteiger partial charge on any atom is 0.220 e. The highest BCUT2D eigenvalue weighted by molar-refractivity contribution is 5.76. The highest BCUT2D eigenvalue weighted by Crippen LogP contribution is 2.03. The lowest BCUT2D eigenvalue weighted by atomic mass is 10.1. The average molecular weight is 209 g/mol. The molecular weight excluding hydrogens is 194 g/mol. The Kier molecular flexibility index (Phi) is 2.96. The third kappa shape index (κ3) is 2.76. The summed E-state index contributed by atoms with van der Waals surface area (Å²) >= 11 is 0. The van der Waals surface area contributed by atoms with Crippen LogP contribution < -0.4 is 10.6 Å². The SMILES string of the molecule is Cn1cc(CNC2CCC(=O)NC2)nn1. The monoisotopic (exact) mass is 209 g/mol. The molecule has 1 aliphatic heterocycles. The molecule has 6 heteroatoms. The number of nitrogens with zero attached hydrogens (tertiary/aromatic N) is 3. The van der Waals surface area contributed by atoms with Crippen LogP contribution in [0.15, 0.2) is 6.20 Å². The van der Waals surface area contributed by atoms with E-state index in [1.54, 1.807) is 4.68 Å². The van der Waals surface area contributed by atoms with E-state index in [-0.39, 0.29) is 5.91 Å². The molecule has 0 bridgehead atoms. The standard InChI is InChI=1S/C9H15N5O/c1-14-6-8(12-13-14)5-10-7-2-3-9(15)11-4-7/h6-7,10H,2-5H2,1H3,(H,11,15). The minimum absolute atomic E-state index is 0.146. The highest BCUT2D eigenvalue weighted by atomic mass is 16.1. The van der Waals surface area contributed by atoms with E-state index in [1.165, 1.54) is 0 Å². The van der Waals surface area contributed by atoms with Crippen LogP contribution in [0.1, 0.15) is 18.5 Å². The van der Waals surface area contributed by atoms with Gasteiger partial charge in [-0.05, 0) is 6.42 Å². The van der Waals surface area contributed by atoms with Crippen LogP contribution in [0.4, 0.5) is 0 Å². The van der Waals surface area contributed by atoms with Gasteiger partial charge in [-0.25, -0.2) is 0 Å². The second kappa shape index (κ2) is 4.39. The topological polar surface area (TPSA) is 71.8 Å². The van der Waals surface area contributed by atoms with Gasteiger partial charge in [-0.15, -0.1) is 5.10 Å².